The molecule has 5 heteroatoms. The topological polar surface area (TPSA) is 64.8 Å². The van der Waals surface area contributed by atoms with Gasteiger partial charge in [0, 0.05) is 6.04 Å². The third kappa shape index (κ3) is 1.55. The van der Waals surface area contributed by atoms with Gasteiger partial charge in [-0.1, -0.05) is 0 Å². The van der Waals surface area contributed by atoms with Gasteiger partial charge in [0.2, 0.25) is 0 Å². The predicted octanol–water partition coefficient (Wildman–Crippen LogP) is -0.308. The van der Waals surface area contributed by atoms with Crippen molar-refractivity contribution < 1.29 is 0 Å². The Morgan fingerprint density at radius 1 is 1.67 bits per heavy atom. The Labute approximate surface area is 69.8 Å². The fraction of sp³-hybridized carbons (Fsp3) is 0.714. The van der Waals surface area contributed by atoms with E-state index in [0.29, 0.717) is 6.04 Å². The van der Waals surface area contributed by atoms with Gasteiger partial charge in [-0.05, 0) is 19.9 Å². The van der Waals surface area contributed by atoms with Crippen molar-refractivity contribution in [2.75, 3.05) is 7.05 Å². The number of H-pyrrole nitrogens is 2. The summed E-state index contributed by atoms with van der Waals surface area (Å²) in [4.78, 5) is 15.5. The molecule has 0 bridgehead atoms. The number of hydrogen-bond donors (Lipinski definition) is 2. The maximum Gasteiger partial charge on any atom is 0.340 e. The lowest BCUT2D eigenvalue weighted by atomic mass is 10.5. The maximum atomic E-state index is 10.7. The summed E-state index contributed by atoms with van der Waals surface area (Å²) in [7, 11) is 2.05. The summed E-state index contributed by atoms with van der Waals surface area (Å²) in [6.45, 7) is 0.726. The van der Waals surface area contributed by atoms with Crippen molar-refractivity contribution in [3.8, 4) is 0 Å². The molecule has 1 aromatic rings. The Kier molecular flexibility index (Phi) is 1.73. The Hall–Kier alpha value is -1.10. The van der Waals surface area contributed by atoms with Gasteiger partial charge in [-0.15, -0.1) is 0 Å². The average molecular weight is 168 g/mol. The highest BCUT2D eigenvalue weighted by Crippen LogP contribution is 2.25. The molecule has 0 aromatic carbocycles. The molecule has 0 unspecified atom stereocenters. The fourth-order valence-electron chi connectivity index (χ4n) is 1.26. The molecule has 2 N–H and O–H groups in total. The zero-order valence-corrected chi connectivity index (χ0v) is 7.00. The van der Waals surface area contributed by atoms with E-state index in [0.717, 1.165) is 12.4 Å². The van der Waals surface area contributed by atoms with E-state index in [4.69, 9.17) is 0 Å². The molecule has 1 aromatic heterocycles. The molecule has 66 valence electrons. The maximum absolute atomic E-state index is 10.7. The highest BCUT2D eigenvalue weighted by molar-refractivity contribution is 4.87. The van der Waals surface area contributed by atoms with Crippen molar-refractivity contribution in [2.24, 2.45) is 0 Å². The SMILES string of the molecule is CN(Cc1n[nH]c(=O)[nH]1)C1CC1. The van der Waals surface area contributed by atoms with Gasteiger partial charge in [-0.3, -0.25) is 9.88 Å². The van der Waals surface area contributed by atoms with Crippen molar-refractivity contribution in [3.05, 3.63) is 16.3 Å². The molecular formula is C7H12N4O. The van der Waals surface area contributed by atoms with E-state index in [2.05, 4.69) is 20.1 Å². The van der Waals surface area contributed by atoms with Crippen molar-refractivity contribution in [2.45, 2.75) is 25.4 Å². The molecule has 1 saturated carbocycles. The van der Waals surface area contributed by atoms with Gasteiger partial charge < -0.3 is 0 Å². The first-order chi connectivity index (χ1) is 5.75. The fourth-order valence-corrected chi connectivity index (χ4v) is 1.26. The van der Waals surface area contributed by atoms with Crippen LogP contribution < -0.4 is 5.69 Å². The normalized spacial score (nSPS) is 17.2. The van der Waals surface area contributed by atoms with E-state index < -0.39 is 0 Å². The summed E-state index contributed by atoms with van der Waals surface area (Å²) in [6.07, 6.45) is 2.54. The highest BCUT2D eigenvalue weighted by Gasteiger charge is 2.26. The standard InChI is InChI=1S/C7H12N4O/c1-11(5-2-3-5)4-6-8-7(12)10-9-6/h5H,2-4H2,1H3,(H2,8,9,10,12). The van der Waals surface area contributed by atoms with Gasteiger partial charge in [0.05, 0.1) is 6.54 Å². The Balaban J connectivity index is 1.97. The first kappa shape index (κ1) is 7.54. The zero-order valence-electron chi connectivity index (χ0n) is 7.00. The number of hydrogen-bond acceptors (Lipinski definition) is 3. The van der Waals surface area contributed by atoms with Gasteiger partial charge in [0.1, 0.15) is 5.82 Å². The van der Waals surface area contributed by atoms with Crippen molar-refractivity contribution in [1.82, 2.24) is 20.1 Å². The molecule has 0 amide bonds. The summed E-state index contributed by atoms with van der Waals surface area (Å²) in [5.41, 5.74) is -0.228. The molecule has 2 rings (SSSR count). The monoisotopic (exact) mass is 168 g/mol. The van der Waals surface area contributed by atoms with Crippen LogP contribution in [-0.2, 0) is 6.54 Å². The van der Waals surface area contributed by atoms with Gasteiger partial charge in [-0.25, -0.2) is 9.89 Å². The van der Waals surface area contributed by atoms with E-state index in [1.807, 2.05) is 7.05 Å². The van der Waals surface area contributed by atoms with Gasteiger partial charge in [0.25, 0.3) is 0 Å². The number of rotatable bonds is 3. The minimum Gasteiger partial charge on any atom is -0.296 e. The van der Waals surface area contributed by atoms with Crippen LogP contribution in [0, 0.1) is 0 Å². The Morgan fingerprint density at radius 3 is 2.92 bits per heavy atom. The third-order valence-corrected chi connectivity index (χ3v) is 2.12. The summed E-state index contributed by atoms with van der Waals surface area (Å²) in [6, 6.07) is 0.699. The number of aromatic amines is 2. The van der Waals surface area contributed by atoms with E-state index in [1.165, 1.54) is 12.8 Å². The molecule has 0 atom stereocenters. The zero-order chi connectivity index (χ0) is 8.55. The second kappa shape index (κ2) is 2.75. The number of nitrogens with zero attached hydrogens (tertiary/aromatic N) is 2. The van der Waals surface area contributed by atoms with Crippen LogP contribution in [0.5, 0.6) is 0 Å². The van der Waals surface area contributed by atoms with Gasteiger partial charge in [-0.2, -0.15) is 5.10 Å². The van der Waals surface area contributed by atoms with E-state index in [1.54, 1.807) is 0 Å². The van der Waals surface area contributed by atoms with E-state index >= 15 is 0 Å². The molecule has 1 aliphatic carbocycles. The summed E-state index contributed by atoms with van der Waals surface area (Å²) in [5.74, 6) is 0.717. The Bertz CT molecular complexity index is 311. The predicted molar refractivity (Wildman–Crippen MR) is 43.7 cm³/mol. The lowest BCUT2D eigenvalue weighted by Crippen LogP contribution is -2.21. The van der Waals surface area contributed by atoms with Crippen LogP contribution in [0.1, 0.15) is 18.7 Å². The first-order valence-electron chi connectivity index (χ1n) is 4.09. The molecule has 1 aliphatic rings. The van der Waals surface area contributed by atoms with Crippen LogP contribution in [0.2, 0.25) is 0 Å². The largest absolute Gasteiger partial charge is 0.340 e. The molecule has 5 nitrogen and oxygen atoms in total. The minimum atomic E-state index is -0.228. The van der Waals surface area contributed by atoms with Crippen LogP contribution >= 0.6 is 0 Å². The minimum absolute atomic E-state index is 0.228. The second-order valence-corrected chi connectivity index (χ2v) is 3.27. The number of nitrogens with one attached hydrogen (secondary N) is 2. The molecule has 1 heterocycles. The first-order valence-corrected chi connectivity index (χ1v) is 4.09. The second-order valence-electron chi connectivity index (χ2n) is 3.27. The van der Waals surface area contributed by atoms with Gasteiger partial charge >= 0.3 is 5.69 Å². The van der Waals surface area contributed by atoms with E-state index in [-0.39, 0.29) is 5.69 Å². The summed E-state index contributed by atoms with van der Waals surface area (Å²) in [5, 5.41) is 6.18. The quantitative estimate of drug-likeness (QED) is 0.650. The van der Waals surface area contributed by atoms with Crippen molar-refractivity contribution in [1.29, 1.82) is 0 Å². The lowest BCUT2D eigenvalue weighted by molar-refractivity contribution is 0.308. The van der Waals surface area contributed by atoms with Crippen LogP contribution in [0.15, 0.2) is 4.79 Å². The smallest absolute Gasteiger partial charge is 0.296 e. The van der Waals surface area contributed by atoms with Crippen LogP contribution in [0.4, 0.5) is 0 Å². The molecule has 0 spiro atoms. The van der Waals surface area contributed by atoms with Gasteiger partial charge in [0.15, 0.2) is 0 Å². The Morgan fingerprint density at radius 2 is 2.42 bits per heavy atom. The lowest BCUT2D eigenvalue weighted by Gasteiger charge is -2.12. The molecule has 1 fully saturated rings. The summed E-state index contributed by atoms with van der Waals surface area (Å²) < 4.78 is 0. The summed E-state index contributed by atoms with van der Waals surface area (Å²) >= 11 is 0. The van der Waals surface area contributed by atoms with E-state index in [9.17, 15) is 4.79 Å². The molecular weight excluding hydrogens is 156 g/mol. The van der Waals surface area contributed by atoms with Crippen LogP contribution in [0.3, 0.4) is 0 Å². The van der Waals surface area contributed by atoms with Crippen molar-refractivity contribution >= 4 is 0 Å². The van der Waals surface area contributed by atoms with Crippen LogP contribution in [-0.4, -0.2) is 33.2 Å². The van der Waals surface area contributed by atoms with Crippen molar-refractivity contribution in [3.63, 3.8) is 0 Å². The molecule has 0 radical (unpaired) electrons. The highest BCUT2D eigenvalue weighted by atomic mass is 16.1. The molecule has 12 heavy (non-hydrogen) atoms. The number of aromatic nitrogens is 3. The third-order valence-electron chi connectivity index (χ3n) is 2.12. The molecule has 0 saturated heterocycles. The van der Waals surface area contributed by atoms with Crippen LogP contribution in [0.25, 0.3) is 0 Å². The molecule has 0 aliphatic heterocycles. The average Bonchev–Trinajstić information content (AvgIpc) is 2.78.